The van der Waals surface area contributed by atoms with Gasteiger partial charge in [-0.3, -0.25) is 9.89 Å². The lowest BCUT2D eigenvalue weighted by Crippen LogP contribution is -2.26. The van der Waals surface area contributed by atoms with Gasteiger partial charge in [0.05, 0.1) is 6.20 Å². The summed E-state index contributed by atoms with van der Waals surface area (Å²) in [7, 11) is 1.73. The van der Waals surface area contributed by atoms with E-state index < -0.39 is 0 Å². The smallest absolute Gasteiger partial charge is 0.253 e. The van der Waals surface area contributed by atoms with Crippen molar-refractivity contribution in [3.8, 4) is 5.75 Å². The average Bonchev–Trinajstić information content (AvgIpc) is 2.84. The van der Waals surface area contributed by atoms with Crippen molar-refractivity contribution in [2.45, 2.75) is 13.5 Å². The molecule has 1 aromatic carbocycles. The van der Waals surface area contributed by atoms with Crippen molar-refractivity contribution < 1.29 is 9.90 Å². The van der Waals surface area contributed by atoms with Crippen LogP contribution in [0.15, 0.2) is 30.6 Å². The van der Waals surface area contributed by atoms with Crippen molar-refractivity contribution in [1.29, 1.82) is 0 Å². The van der Waals surface area contributed by atoms with E-state index in [9.17, 15) is 9.90 Å². The van der Waals surface area contributed by atoms with Crippen molar-refractivity contribution in [3.05, 3.63) is 47.3 Å². The first-order valence-electron chi connectivity index (χ1n) is 5.60. The number of benzene rings is 1. The number of phenols is 1. The van der Waals surface area contributed by atoms with Crippen LogP contribution >= 0.6 is 0 Å². The Balaban J connectivity index is 2.12. The molecule has 0 aliphatic carbocycles. The molecule has 1 amide bonds. The number of aromatic amines is 1. The fourth-order valence-electron chi connectivity index (χ4n) is 1.72. The molecule has 5 nitrogen and oxygen atoms in total. The van der Waals surface area contributed by atoms with Crippen LogP contribution in [0.1, 0.15) is 21.5 Å². The van der Waals surface area contributed by atoms with Gasteiger partial charge in [0.2, 0.25) is 0 Å². The van der Waals surface area contributed by atoms with Gasteiger partial charge < -0.3 is 10.0 Å². The second-order valence-corrected chi connectivity index (χ2v) is 4.27. The fraction of sp³-hybridized carbons (Fsp3) is 0.231. The maximum atomic E-state index is 12.1. The fourth-order valence-corrected chi connectivity index (χ4v) is 1.72. The molecule has 0 aliphatic heterocycles. The number of hydrogen-bond acceptors (Lipinski definition) is 3. The number of aromatic nitrogens is 2. The van der Waals surface area contributed by atoms with Crippen molar-refractivity contribution in [2.24, 2.45) is 0 Å². The van der Waals surface area contributed by atoms with Gasteiger partial charge in [-0.15, -0.1) is 0 Å². The maximum Gasteiger partial charge on any atom is 0.253 e. The van der Waals surface area contributed by atoms with Gasteiger partial charge >= 0.3 is 0 Å². The molecule has 0 bridgehead atoms. The minimum Gasteiger partial charge on any atom is -0.508 e. The van der Waals surface area contributed by atoms with Crippen LogP contribution in [0.5, 0.6) is 5.75 Å². The minimum atomic E-state index is -0.0840. The van der Waals surface area contributed by atoms with Gasteiger partial charge in [-0.2, -0.15) is 5.10 Å². The number of aryl methyl sites for hydroxylation is 1. The highest BCUT2D eigenvalue weighted by Crippen LogP contribution is 2.18. The molecule has 0 spiro atoms. The topological polar surface area (TPSA) is 69.2 Å². The highest BCUT2D eigenvalue weighted by Gasteiger charge is 2.13. The van der Waals surface area contributed by atoms with Crippen molar-refractivity contribution in [3.63, 3.8) is 0 Å². The van der Waals surface area contributed by atoms with Crippen molar-refractivity contribution in [2.75, 3.05) is 7.05 Å². The Morgan fingerprint density at radius 1 is 1.50 bits per heavy atom. The average molecular weight is 245 g/mol. The third-order valence-electron chi connectivity index (χ3n) is 2.77. The Morgan fingerprint density at radius 3 is 2.89 bits per heavy atom. The van der Waals surface area contributed by atoms with Gasteiger partial charge in [0.25, 0.3) is 5.91 Å². The molecule has 94 valence electrons. The Hall–Kier alpha value is -2.30. The summed E-state index contributed by atoms with van der Waals surface area (Å²) in [6.45, 7) is 2.26. The molecule has 0 saturated heterocycles. The third kappa shape index (κ3) is 2.51. The third-order valence-corrected chi connectivity index (χ3v) is 2.77. The number of rotatable bonds is 3. The van der Waals surface area contributed by atoms with E-state index in [1.807, 2.05) is 0 Å². The maximum absolute atomic E-state index is 12.1. The summed E-state index contributed by atoms with van der Waals surface area (Å²) in [5.41, 5.74) is 2.20. The Labute approximate surface area is 105 Å². The van der Waals surface area contributed by atoms with Crippen LogP contribution in [0.2, 0.25) is 0 Å². The highest BCUT2D eigenvalue weighted by atomic mass is 16.3. The van der Waals surface area contributed by atoms with E-state index in [0.29, 0.717) is 17.7 Å². The predicted molar refractivity (Wildman–Crippen MR) is 67.2 cm³/mol. The second kappa shape index (κ2) is 4.91. The molecule has 2 rings (SSSR count). The molecule has 0 unspecified atom stereocenters. The molecule has 0 atom stereocenters. The SMILES string of the molecule is Cc1cc(C(=O)N(C)Cc2cn[nH]c2)ccc1O. The van der Waals surface area contributed by atoms with Gasteiger partial charge in [-0.25, -0.2) is 0 Å². The molecular formula is C13H15N3O2. The van der Waals surface area contributed by atoms with E-state index >= 15 is 0 Å². The van der Waals surface area contributed by atoms with Gasteiger partial charge in [-0.1, -0.05) is 0 Å². The van der Waals surface area contributed by atoms with Crippen LogP contribution in [0, 0.1) is 6.92 Å². The molecule has 18 heavy (non-hydrogen) atoms. The van der Waals surface area contributed by atoms with Gasteiger partial charge in [0.15, 0.2) is 0 Å². The standard InChI is InChI=1S/C13H15N3O2/c1-9-5-11(3-4-12(9)17)13(18)16(2)8-10-6-14-15-7-10/h3-7,17H,8H2,1-2H3,(H,14,15). The van der Waals surface area contributed by atoms with Gasteiger partial charge in [0, 0.05) is 30.9 Å². The molecule has 2 aromatic rings. The normalized spacial score (nSPS) is 10.3. The second-order valence-electron chi connectivity index (χ2n) is 4.27. The molecule has 5 heteroatoms. The van der Waals surface area contributed by atoms with Crippen molar-refractivity contribution >= 4 is 5.91 Å². The van der Waals surface area contributed by atoms with Crippen molar-refractivity contribution in [1.82, 2.24) is 15.1 Å². The first-order valence-corrected chi connectivity index (χ1v) is 5.60. The van der Waals surface area contributed by atoms with E-state index in [4.69, 9.17) is 0 Å². The van der Waals surface area contributed by atoms with Gasteiger partial charge in [-0.05, 0) is 30.7 Å². The van der Waals surface area contributed by atoms with E-state index in [2.05, 4.69) is 10.2 Å². The Morgan fingerprint density at radius 2 is 2.28 bits per heavy atom. The number of carbonyl (C=O) groups excluding carboxylic acids is 1. The summed E-state index contributed by atoms with van der Waals surface area (Å²) in [4.78, 5) is 13.8. The molecule has 1 aromatic heterocycles. The summed E-state index contributed by atoms with van der Waals surface area (Å²) < 4.78 is 0. The first-order chi connectivity index (χ1) is 8.58. The zero-order valence-corrected chi connectivity index (χ0v) is 10.3. The van der Waals surface area contributed by atoms with Crippen LogP contribution in [-0.4, -0.2) is 33.2 Å². The van der Waals surface area contributed by atoms with E-state index in [0.717, 1.165) is 5.56 Å². The minimum absolute atomic E-state index is 0.0840. The molecule has 0 saturated carbocycles. The van der Waals surface area contributed by atoms with Crippen LogP contribution in [-0.2, 0) is 6.54 Å². The molecule has 0 aliphatic rings. The molecule has 0 radical (unpaired) electrons. The largest absolute Gasteiger partial charge is 0.508 e. The summed E-state index contributed by atoms with van der Waals surface area (Å²) >= 11 is 0. The predicted octanol–water partition coefficient (Wildman–Crippen LogP) is 1.70. The van der Waals surface area contributed by atoms with E-state index in [1.165, 1.54) is 6.07 Å². The lowest BCUT2D eigenvalue weighted by Gasteiger charge is -2.16. The number of phenolic OH excluding ortho intramolecular Hbond substituents is 1. The summed E-state index contributed by atoms with van der Waals surface area (Å²) in [6.07, 6.45) is 3.44. The first kappa shape index (κ1) is 12.2. The number of amides is 1. The summed E-state index contributed by atoms with van der Waals surface area (Å²) in [6, 6.07) is 4.84. The lowest BCUT2D eigenvalue weighted by molar-refractivity contribution is 0.0785. The quantitative estimate of drug-likeness (QED) is 0.864. The summed E-state index contributed by atoms with van der Waals surface area (Å²) in [5, 5.41) is 16.0. The molecule has 0 fully saturated rings. The number of aromatic hydroxyl groups is 1. The molecular weight excluding hydrogens is 230 g/mol. The Kier molecular flexibility index (Phi) is 3.32. The highest BCUT2D eigenvalue weighted by molar-refractivity contribution is 5.94. The number of carbonyl (C=O) groups is 1. The van der Waals surface area contributed by atoms with Crippen LogP contribution in [0.25, 0.3) is 0 Å². The lowest BCUT2D eigenvalue weighted by atomic mass is 10.1. The van der Waals surface area contributed by atoms with E-state index in [-0.39, 0.29) is 11.7 Å². The zero-order valence-electron chi connectivity index (χ0n) is 10.3. The number of hydrogen-bond donors (Lipinski definition) is 2. The monoisotopic (exact) mass is 245 g/mol. The molecule has 1 heterocycles. The molecule has 2 N–H and O–H groups in total. The van der Waals surface area contributed by atoms with E-state index in [1.54, 1.807) is 43.4 Å². The number of H-pyrrole nitrogens is 1. The zero-order chi connectivity index (χ0) is 13.1. The van der Waals surface area contributed by atoms with Crippen LogP contribution < -0.4 is 0 Å². The number of nitrogens with one attached hydrogen (secondary N) is 1. The van der Waals surface area contributed by atoms with Crippen LogP contribution in [0.4, 0.5) is 0 Å². The Bertz CT molecular complexity index is 549. The van der Waals surface area contributed by atoms with Crippen LogP contribution in [0.3, 0.4) is 0 Å². The van der Waals surface area contributed by atoms with Gasteiger partial charge in [0.1, 0.15) is 5.75 Å². The number of nitrogens with zero attached hydrogens (tertiary/aromatic N) is 2. The summed E-state index contributed by atoms with van der Waals surface area (Å²) in [5.74, 6) is 0.114.